The molecule has 0 amide bonds. The second-order valence-corrected chi connectivity index (χ2v) is 3.27. The minimum absolute atomic E-state index is 0.446. The second-order valence-electron chi connectivity index (χ2n) is 2.05. The Morgan fingerprint density at radius 3 is 3.08 bits per heavy atom. The van der Waals surface area contributed by atoms with Crippen LogP contribution in [0.4, 0.5) is 5.69 Å². The van der Waals surface area contributed by atoms with E-state index < -0.39 is 0 Å². The van der Waals surface area contributed by atoms with Gasteiger partial charge in [-0.25, -0.2) is 4.98 Å². The smallest absolute Gasteiger partial charge is 0.143 e. The van der Waals surface area contributed by atoms with Gasteiger partial charge in [0.25, 0.3) is 0 Å². The molecule has 0 aliphatic heterocycles. The van der Waals surface area contributed by atoms with Crippen molar-refractivity contribution in [2.24, 2.45) is 0 Å². The molecule has 0 saturated carbocycles. The lowest BCUT2D eigenvalue weighted by Crippen LogP contribution is -1.98. The van der Waals surface area contributed by atoms with Crippen LogP contribution in [0.3, 0.4) is 0 Å². The van der Waals surface area contributed by atoms with E-state index in [2.05, 4.69) is 32.2 Å². The lowest BCUT2D eigenvalue weighted by Gasteiger charge is -2.02. The van der Waals surface area contributed by atoms with E-state index in [-0.39, 0.29) is 0 Å². The van der Waals surface area contributed by atoms with Gasteiger partial charge in [-0.05, 0) is 22.0 Å². The molecule has 1 aromatic heterocycles. The molecule has 0 bridgehead atoms. The standard InChI is InChI=1S/C8H6BrClN2/c1-2-3-11-6-4-7(9)8(10)12-5-6/h1,4-5,11H,3H2. The van der Waals surface area contributed by atoms with Gasteiger partial charge < -0.3 is 5.32 Å². The Morgan fingerprint density at radius 1 is 1.75 bits per heavy atom. The van der Waals surface area contributed by atoms with Crippen LogP contribution < -0.4 is 5.32 Å². The van der Waals surface area contributed by atoms with Crippen LogP contribution in [0.2, 0.25) is 5.15 Å². The number of halogens is 2. The second kappa shape index (κ2) is 4.34. The fraction of sp³-hybridized carbons (Fsp3) is 0.125. The monoisotopic (exact) mass is 244 g/mol. The van der Waals surface area contributed by atoms with Gasteiger partial charge in [0, 0.05) is 0 Å². The van der Waals surface area contributed by atoms with Crippen LogP contribution in [-0.4, -0.2) is 11.5 Å². The first-order chi connectivity index (χ1) is 5.74. The van der Waals surface area contributed by atoms with Crippen LogP contribution in [0.1, 0.15) is 0 Å². The number of anilines is 1. The molecular formula is C8H6BrClN2. The van der Waals surface area contributed by atoms with Crippen LogP contribution >= 0.6 is 27.5 Å². The van der Waals surface area contributed by atoms with Gasteiger partial charge in [0.15, 0.2) is 0 Å². The van der Waals surface area contributed by atoms with Crippen LogP contribution in [-0.2, 0) is 0 Å². The van der Waals surface area contributed by atoms with E-state index >= 15 is 0 Å². The van der Waals surface area contributed by atoms with Crippen LogP contribution in [0.5, 0.6) is 0 Å². The Balaban J connectivity index is 2.77. The zero-order valence-electron chi connectivity index (χ0n) is 6.14. The van der Waals surface area contributed by atoms with Crippen molar-refractivity contribution >= 4 is 33.2 Å². The molecule has 1 heterocycles. The first-order valence-electron chi connectivity index (χ1n) is 3.22. The maximum absolute atomic E-state index is 5.69. The summed E-state index contributed by atoms with van der Waals surface area (Å²) >= 11 is 8.94. The molecule has 1 N–H and O–H groups in total. The van der Waals surface area contributed by atoms with Crippen molar-refractivity contribution in [1.82, 2.24) is 4.98 Å². The van der Waals surface area contributed by atoms with Gasteiger partial charge in [-0.3, -0.25) is 0 Å². The van der Waals surface area contributed by atoms with Gasteiger partial charge >= 0.3 is 0 Å². The van der Waals surface area contributed by atoms with Crippen molar-refractivity contribution in [3.8, 4) is 12.3 Å². The molecule has 0 radical (unpaired) electrons. The third-order valence-electron chi connectivity index (χ3n) is 1.19. The van der Waals surface area contributed by atoms with E-state index in [1.165, 1.54) is 0 Å². The molecule has 0 saturated heterocycles. The average Bonchev–Trinajstić information content (AvgIpc) is 2.07. The number of aromatic nitrogens is 1. The quantitative estimate of drug-likeness (QED) is 0.640. The number of pyridine rings is 1. The Hall–Kier alpha value is -0.720. The summed E-state index contributed by atoms with van der Waals surface area (Å²) in [4.78, 5) is 3.92. The highest BCUT2D eigenvalue weighted by Gasteiger charge is 1.98. The third-order valence-corrected chi connectivity index (χ3v) is 2.32. The van der Waals surface area contributed by atoms with Crippen LogP contribution in [0, 0.1) is 12.3 Å². The predicted molar refractivity (Wildman–Crippen MR) is 54.3 cm³/mol. The van der Waals surface area contributed by atoms with E-state index in [1.807, 2.05) is 6.07 Å². The summed E-state index contributed by atoms with van der Waals surface area (Å²) in [7, 11) is 0. The molecule has 1 rings (SSSR count). The van der Waals surface area contributed by atoms with Crippen molar-refractivity contribution in [2.45, 2.75) is 0 Å². The van der Waals surface area contributed by atoms with Crippen LogP contribution in [0.25, 0.3) is 0 Å². The van der Waals surface area contributed by atoms with Gasteiger partial charge in [-0.15, -0.1) is 6.42 Å². The normalized spacial score (nSPS) is 9.08. The summed E-state index contributed by atoms with van der Waals surface area (Å²) in [5.41, 5.74) is 0.851. The fourth-order valence-corrected chi connectivity index (χ4v) is 1.12. The molecule has 0 fully saturated rings. The maximum Gasteiger partial charge on any atom is 0.143 e. The van der Waals surface area contributed by atoms with Gasteiger partial charge in [0.1, 0.15) is 5.15 Å². The van der Waals surface area contributed by atoms with E-state index in [0.717, 1.165) is 10.2 Å². The molecule has 2 nitrogen and oxygen atoms in total. The zero-order chi connectivity index (χ0) is 8.97. The molecule has 1 aromatic rings. The summed E-state index contributed by atoms with van der Waals surface area (Å²) in [6.45, 7) is 0.482. The maximum atomic E-state index is 5.69. The Kier molecular flexibility index (Phi) is 3.39. The fourth-order valence-electron chi connectivity index (χ4n) is 0.671. The Labute approximate surface area is 84.5 Å². The SMILES string of the molecule is C#CCNc1cnc(Cl)c(Br)c1. The minimum Gasteiger partial charge on any atom is -0.373 e. The Morgan fingerprint density at radius 2 is 2.50 bits per heavy atom. The lowest BCUT2D eigenvalue weighted by atomic mass is 10.4. The topological polar surface area (TPSA) is 24.9 Å². The molecule has 0 atom stereocenters. The van der Waals surface area contributed by atoms with E-state index in [1.54, 1.807) is 6.20 Å². The average molecular weight is 246 g/mol. The summed E-state index contributed by atoms with van der Waals surface area (Å²) in [6.07, 6.45) is 6.70. The molecular weight excluding hydrogens is 239 g/mol. The summed E-state index contributed by atoms with van der Waals surface area (Å²) in [5.74, 6) is 2.46. The number of terminal acetylenes is 1. The number of hydrogen-bond donors (Lipinski definition) is 1. The summed E-state index contributed by atoms with van der Waals surface area (Å²) in [6, 6.07) is 1.83. The number of rotatable bonds is 2. The lowest BCUT2D eigenvalue weighted by molar-refractivity contribution is 1.27. The highest BCUT2D eigenvalue weighted by molar-refractivity contribution is 9.10. The highest BCUT2D eigenvalue weighted by atomic mass is 79.9. The molecule has 0 aliphatic rings. The molecule has 0 aromatic carbocycles. The Bertz CT molecular complexity index is 319. The number of hydrogen-bond acceptors (Lipinski definition) is 2. The first-order valence-corrected chi connectivity index (χ1v) is 4.39. The van der Waals surface area contributed by atoms with Crippen molar-refractivity contribution in [3.63, 3.8) is 0 Å². The van der Waals surface area contributed by atoms with Crippen molar-refractivity contribution in [2.75, 3.05) is 11.9 Å². The van der Waals surface area contributed by atoms with Gasteiger partial charge in [0.05, 0.1) is 22.9 Å². The molecule has 12 heavy (non-hydrogen) atoms. The predicted octanol–water partition coefficient (Wildman–Crippen LogP) is 2.54. The van der Waals surface area contributed by atoms with E-state index in [0.29, 0.717) is 11.7 Å². The zero-order valence-corrected chi connectivity index (χ0v) is 8.48. The van der Waals surface area contributed by atoms with Gasteiger partial charge in [-0.1, -0.05) is 17.5 Å². The van der Waals surface area contributed by atoms with E-state index in [4.69, 9.17) is 18.0 Å². The van der Waals surface area contributed by atoms with E-state index in [9.17, 15) is 0 Å². The highest BCUT2D eigenvalue weighted by Crippen LogP contribution is 2.22. The number of nitrogens with zero attached hydrogens (tertiary/aromatic N) is 1. The molecule has 62 valence electrons. The van der Waals surface area contributed by atoms with Crippen molar-refractivity contribution < 1.29 is 0 Å². The molecule has 0 spiro atoms. The number of nitrogens with one attached hydrogen (secondary N) is 1. The molecule has 0 unspecified atom stereocenters. The van der Waals surface area contributed by atoms with Crippen molar-refractivity contribution in [1.29, 1.82) is 0 Å². The minimum atomic E-state index is 0.446. The van der Waals surface area contributed by atoms with Gasteiger partial charge in [0.2, 0.25) is 0 Å². The van der Waals surface area contributed by atoms with Crippen LogP contribution in [0.15, 0.2) is 16.7 Å². The third kappa shape index (κ3) is 2.40. The van der Waals surface area contributed by atoms with Gasteiger partial charge in [-0.2, -0.15) is 0 Å². The summed E-state index contributed by atoms with van der Waals surface area (Å²) < 4.78 is 0.756. The molecule has 4 heteroatoms. The summed E-state index contributed by atoms with van der Waals surface area (Å²) in [5, 5.41) is 3.42. The largest absolute Gasteiger partial charge is 0.373 e. The molecule has 0 aliphatic carbocycles. The van der Waals surface area contributed by atoms with Crippen molar-refractivity contribution in [3.05, 3.63) is 21.9 Å². The first kappa shape index (κ1) is 9.37.